The average molecular weight is 917 g/mol. The van der Waals surface area contributed by atoms with Gasteiger partial charge in [-0.15, -0.1) is 0 Å². The Morgan fingerprint density at radius 1 is 0.344 bits per heavy atom. The number of nitrogens with one attached hydrogen (secondary N) is 6. The number of primary amides is 3. The molecule has 0 aromatic heterocycles. The van der Waals surface area contributed by atoms with Gasteiger partial charge < -0.3 is 75.3 Å². The summed E-state index contributed by atoms with van der Waals surface area (Å²) in [5.74, 6) is -16.2. The molecule has 0 heterocycles. The van der Waals surface area contributed by atoms with Gasteiger partial charge in [0.2, 0.25) is 53.2 Å². The number of rotatable bonds is 34. The average Bonchev–Trinajstić information content (AvgIpc) is 3.18. The Balaban J connectivity index is 6.68. The Kier molecular flexibility index (Phi) is 25.8. The highest BCUT2D eigenvalue weighted by molar-refractivity contribution is 5.98. The second-order valence-corrected chi connectivity index (χ2v) is 14.3. The molecule has 0 aliphatic rings. The minimum Gasteiger partial charge on any atom is -0.481 e. The predicted molar refractivity (Wildman–Crippen MR) is 213 cm³/mol. The molecule has 0 spiro atoms. The van der Waals surface area contributed by atoms with Crippen LogP contribution in [0.3, 0.4) is 0 Å². The van der Waals surface area contributed by atoms with Crippen molar-refractivity contribution in [2.45, 2.75) is 139 Å². The number of carbonyl (C=O) groups is 14. The molecule has 358 valence electrons. The van der Waals surface area contributed by atoms with E-state index in [4.69, 9.17) is 33.1 Å². The van der Waals surface area contributed by atoms with Gasteiger partial charge in [-0.25, -0.2) is 0 Å². The summed E-state index contributed by atoms with van der Waals surface area (Å²) in [6.45, 7) is 1.05. The van der Waals surface area contributed by atoms with Gasteiger partial charge in [-0.3, -0.25) is 67.1 Å². The first kappa shape index (κ1) is 56.7. The highest BCUT2D eigenvalue weighted by Crippen LogP contribution is 2.10. The van der Waals surface area contributed by atoms with Crippen LogP contribution in [0.2, 0.25) is 0 Å². The molecule has 7 atom stereocenters. The Labute approximate surface area is 364 Å². The summed E-state index contributed by atoms with van der Waals surface area (Å²) in [6, 6.07) is -11.7. The van der Waals surface area contributed by atoms with Crippen molar-refractivity contribution in [2.75, 3.05) is 0 Å². The lowest BCUT2D eigenvalue weighted by atomic mass is 10.0. The first-order valence-corrected chi connectivity index (χ1v) is 19.5. The van der Waals surface area contributed by atoms with Crippen LogP contribution in [0, 0.1) is 0 Å². The molecule has 64 heavy (non-hydrogen) atoms. The van der Waals surface area contributed by atoms with Gasteiger partial charge in [-0.2, -0.15) is 0 Å². The third kappa shape index (κ3) is 24.9. The monoisotopic (exact) mass is 916 g/mol. The van der Waals surface area contributed by atoms with E-state index in [2.05, 4.69) is 31.9 Å². The van der Waals surface area contributed by atoms with Crippen molar-refractivity contribution < 1.29 is 87.5 Å². The lowest BCUT2D eigenvalue weighted by Gasteiger charge is -2.27. The van der Waals surface area contributed by atoms with Crippen LogP contribution in [-0.2, 0) is 67.1 Å². The van der Waals surface area contributed by atoms with Crippen molar-refractivity contribution in [3.63, 3.8) is 0 Å². The third-order valence-electron chi connectivity index (χ3n) is 8.96. The van der Waals surface area contributed by atoms with Crippen LogP contribution in [0.15, 0.2) is 0 Å². The number of Topliss-reactive ketones (excluding diaryl/α,β-unsaturated/α-hetero) is 1. The van der Waals surface area contributed by atoms with Crippen molar-refractivity contribution in [1.29, 1.82) is 0 Å². The lowest BCUT2D eigenvalue weighted by molar-refractivity contribution is -0.139. The number of hydrogen-bond donors (Lipinski definition) is 14. The summed E-state index contributed by atoms with van der Waals surface area (Å²) >= 11 is 0. The van der Waals surface area contributed by atoms with E-state index in [1.54, 1.807) is 0 Å². The first-order valence-electron chi connectivity index (χ1n) is 19.5. The zero-order valence-corrected chi connectivity index (χ0v) is 34.8. The third-order valence-corrected chi connectivity index (χ3v) is 8.96. The molecule has 0 saturated heterocycles. The molecule has 9 amide bonds. The quantitative estimate of drug-likeness (QED) is 0.0286. The van der Waals surface area contributed by atoms with E-state index >= 15 is 0 Å². The van der Waals surface area contributed by atoms with Crippen LogP contribution < -0.4 is 54.8 Å². The molecular weight excluding hydrogens is 860 g/mol. The molecule has 0 aromatic rings. The van der Waals surface area contributed by atoms with Gasteiger partial charge in [0.1, 0.15) is 30.2 Å². The predicted octanol–water partition coefficient (Wildman–Crippen LogP) is -5.93. The van der Waals surface area contributed by atoms with Crippen LogP contribution in [0.1, 0.15) is 96.8 Å². The van der Waals surface area contributed by atoms with Crippen molar-refractivity contribution >= 4 is 82.8 Å². The van der Waals surface area contributed by atoms with Crippen molar-refractivity contribution in [2.24, 2.45) is 22.9 Å². The summed E-state index contributed by atoms with van der Waals surface area (Å²) < 4.78 is 0. The van der Waals surface area contributed by atoms with E-state index in [-0.39, 0.29) is 12.8 Å². The maximum atomic E-state index is 13.7. The summed E-state index contributed by atoms with van der Waals surface area (Å²) in [5.41, 5.74) is 21.3. The fourth-order valence-corrected chi connectivity index (χ4v) is 5.43. The number of ketones is 1. The Hall–Kier alpha value is -7.26. The summed E-state index contributed by atoms with van der Waals surface area (Å²) in [6.07, 6.45) is -8.00. The van der Waals surface area contributed by atoms with Crippen LogP contribution in [0.25, 0.3) is 0 Å². The number of aliphatic carboxylic acids is 4. The van der Waals surface area contributed by atoms with Gasteiger partial charge in [0.05, 0.1) is 12.1 Å². The molecule has 28 heteroatoms. The molecule has 18 N–H and O–H groups in total. The maximum absolute atomic E-state index is 13.7. The minimum absolute atomic E-state index is 0.360. The molecule has 0 saturated carbocycles. The van der Waals surface area contributed by atoms with Gasteiger partial charge in [0.15, 0.2) is 5.78 Å². The molecular formula is C36H56N10O18. The summed E-state index contributed by atoms with van der Waals surface area (Å²) in [4.78, 5) is 172. The van der Waals surface area contributed by atoms with Gasteiger partial charge >= 0.3 is 23.9 Å². The number of carboxylic acids is 4. The van der Waals surface area contributed by atoms with Crippen molar-refractivity contribution in [3.8, 4) is 0 Å². The fourth-order valence-electron chi connectivity index (χ4n) is 5.43. The second-order valence-electron chi connectivity index (χ2n) is 14.3. The van der Waals surface area contributed by atoms with E-state index in [9.17, 15) is 77.3 Å². The fraction of sp³-hybridized carbons (Fsp3) is 0.611. The number of amides is 9. The molecule has 0 aromatic carbocycles. The van der Waals surface area contributed by atoms with Gasteiger partial charge in [0, 0.05) is 44.9 Å². The zero-order chi connectivity index (χ0) is 49.3. The van der Waals surface area contributed by atoms with Crippen LogP contribution in [0.4, 0.5) is 0 Å². The molecule has 0 radical (unpaired) electrons. The normalized spacial score (nSPS) is 14.0. The Bertz CT molecular complexity index is 1780. The molecule has 0 aliphatic heterocycles. The Morgan fingerprint density at radius 2 is 0.547 bits per heavy atom. The number of hydrogen-bond acceptors (Lipinski definition) is 15. The van der Waals surface area contributed by atoms with Gasteiger partial charge in [-0.05, 0) is 51.9 Å². The van der Waals surface area contributed by atoms with Gasteiger partial charge in [0.25, 0.3) is 0 Å². The Morgan fingerprint density at radius 3 is 0.781 bits per heavy atom. The molecule has 0 rings (SSSR count). The molecule has 28 nitrogen and oxygen atoms in total. The molecule has 0 fully saturated rings. The lowest BCUT2D eigenvalue weighted by Crippen LogP contribution is -2.60. The van der Waals surface area contributed by atoms with E-state index in [1.807, 2.05) is 0 Å². The van der Waals surface area contributed by atoms with Crippen LogP contribution in [-0.4, -0.2) is 146 Å². The van der Waals surface area contributed by atoms with Crippen molar-refractivity contribution in [1.82, 2.24) is 31.9 Å². The van der Waals surface area contributed by atoms with E-state index in [0.29, 0.717) is 0 Å². The first-order chi connectivity index (χ1) is 29.7. The molecule has 0 bridgehead atoms. The van der Waals surface area contributed by atoms with Crippen molar-refractivity contribution in [3.05, 3.63) is 0 Å². The second kappa shape index (κ2) is 29.1. The standard InChI is InChI=1S/C36H56N10O18/c1-16(47)18(6-13-28(53)54)41-32(60)20(4-10-25(39)49)43-35(63)23(8-15-30(57)58)46-34(62)21(5-11-26(40)50)44-36(64)22(7-14-29(55)56)45-33(61)19(3-9-24(38)48)42-31(59)17(37)2-12-27(51)52/h17-23H,2-15,37H2,1H3,(H2,38,48)(H2,39,49)(H2,40,50)(H,41,60)(H,42,59)(H,43,63)(H,44,64)(H,45,61)(H,46,62)(H,51,52)(H,53,54)(H,55,56)(H,57,58)/t17-,18-,19-,20-,21-,22-,23-/m0/s1. The highest BCUT2D eigenvalue weighted by Gasteiger charge is 2.34. The SMILES string of the molecule is CC(=O)[C@H](CCC(=O)O)NC(=O)[C@H](CCC(N)=O)NC(=O)[C@H](CCC(=O)O)NC(=O)[C@H](CCC(N)=O)NC(=O)[C@H](CCC(=O)O)NC(=O)[C@H](CCC(N)=O)NC(=O)[C@@H](N)CCC(=O)O. The van der Waals surface area contributed by atoms with E-state index < -0.39 is 202 Å². The zero-order valence-electron chi connectivity index (χ0n) is 34.8. The van der Waals surface area contributed by atoms with E-state index in [0.717, 1.165) is 6.92 Å². The largest absolute Gasteiger partial charge is 0.481 e. The van der Waals surface area contributed by atoms with Crippen LogP contribution in [0.5, 0.6) is 0 Å². The molecule has 0 aliphatic carbocycles. The summed E-state index contributed by atoms with van der Waals surface area (Å²) in [7, 11) is 0. The number of carboxylic acid groups (broad SMARTS) is 4. The molecule has 0 unspecified atom stereocenters. The number of nitrogens with two attached hydrogens (primary N) is 4. The summed E-state index contributed by atoms with van der Waals surface area (Å²) in [5, 5.41) is 49.8. The minimum atomic E-state index is -1.85. The number of carbonyl (C=O) groups excluding carboxylic acids is 10. The smallest absolute Gasteiger partial charge is 0.303 e. The van der Waals surface area contributed by atoms with Gasteiger partial charge in [-0.1, -0.05) is 0 Å². The maximum Gasteiger partial charge on any atom is 0.303 e. The van der Waals surface area contributed by atoms with E-state index in [1.165, 1.54) is 0 Å². The highest BCUT2D eigenvalue weighted by atomic mass is 16.4. The van der Waals surface area contributed by atoms with Crippen LogP contribution >= 0.6 is 0 Å². The topological polar surface area (TPSA) is 496 Å².